The van der Waals surface area contributed by atoms with E-state index in [4.69, 9.17) is 5.26 Å². The van der Waals surface area contributed by atoms with Crippen LogP contribution in [0, 0.1) is 11.3 Å². The van der Waals surface area contributed by atoms with Crippen molar-refractivity contribution in [2.24, 2.45) is 0 Å². The fourth-order valence-corrected chi connectivity index (χ4v) is 3.42. The summed E-state index contributed by atoms with van der Waals surface area (Å²) in [6, 6.07) is 13.5. The van der Waals surface area contributed by atoms with Crippen LogP contribution in [0.15, 0.2) is 53.6 Å². The van der Waals surface area contributed by atoms with Crippen molar-refractivity contribution in [3.05, 3.63) is 60.0 Å². The van der Waals surface area contributed by atoms with E-state index in [1.165, 1.54) is 12.1 Å². The second kappa shape index (κ2) is 6.16. The van der Waals surface area contributed by atoms with Crippen molar-refractivity contribution in [2.75, 3.05) is 6.54 Å². The molecule has 0 saturated carbocycles. The molecule has 1 N–H and O–H groups in total. The number of nitrogens with one attached hydrogen (secondary N) is 1. The summed E-state index contributed by atoms with van der Waals surface area (Å²) in [4.78, 5) is -0.0198. The molecule has 1 aromatic carbocycles. The van der Waals surface area contributed by atoms with Crippen LogP contribution in [0.25, 0.3) is 5.65 Å². The summed E-state index contributed by atoms with van der Waals surface area (Å²) in [6.07, 6.45) is 2.21. The largest absolute Gasteiger partial charge is 0.286 e. The standard InChI is InChI=1S/C15H13N5O2S/c16-11-12-5-1-2-6-13(12)23(21,22)17-9-8-15-19-18-14-7-3-4-10-20(14)15/h1-7,10,17H,8-9H2. The van der Waals surface area contributed by atoms with Crippen LogP contribution in [0.1, 0.15) is 11.4 Å². The zero-order valence-corrected chi connectivity index (χ0v) is 12.9. The van der Waals surface area contributed by atoms with Crippen molar-refractivity contribution in [1.29, 1.82) is 5.26 Å². The number of nitriles is 1. The molecule has 0 bridgehead atoms. The number of aromatic nitrogens is 3. The van der Waals surface area contributed by atoms with Gasteiger partial charge in [0.2, 0.25) is 10.0 Å². The SMILES string of the molecule is N#Cc1ccccc1S(=O)(=O)NCCc1nnc2ccccn12. The van der Waals surface area contributed by atoms with E-state index in [0.717, 1.165) is 0 Å². The lowest BCUT2D eigenvalue weighted by molar-refractivity contribution is 0.580. The Balaban J connectivity index is 1.74. The van der Waals surface area contributed by atoms with Crippen LogP contribution in [0.3, 0.4) is 0 Å². The summed E-state index contributed by atoms with van der Waals surface area (Å²) in [5.41, 5.74) is 0.827. The first-order valence-electron chi connectivity index (χ1n) is 6.89. The van der Waals surface area contributed by atoms with Crippen LogP contribution >= 0.6 is 0 Å². The molecule has 116 valence electrons. The Bertz CT molecular complexity index is 988. The van der Waals surface area contributed by atoms with E-state index in [1.807, 2.05) is 30.5 Å². The van der Waals surface area contributed by atoms with Crippen molar-refractivity contribution < 1.29 is 8.42 Å². The third-order valence-electron chi connectivity index (χ3n) is 3.32. The Kier molecular flexibility index (Phi) is 4.06. The number of rotatable bonds is 5. The Hall–Kier alpha value is -2.76. The van der Waals surface area contributed by atoms with Crippen molar-refractivity contribution in [3.63, 3.8) is 0 Å². The number of benzene rings is 1. The van der Waals surface area contributed by atoms with E-state index < -0.39 is 10.0 Å². The number of pyridine rings is 1. The molecule has 23 heavy (non-hydrogen) atoms. The lowest BCUT2D eigenvalue weighted by Crippen LogP contribution is -2.27. The molecule has 2 aromatic heterocycles. The third kappa shape index (κ3) is 3.06. The maximum Gasteiger partial charge on any atom is 0.241 e. The minimum atomic E-state index is -3.74. The van der Waals surface area contributed by atoms with Crippen LogP contribution in [0.5, 0.6) is 0 Å². The van der Waals surface area contributed by atoms with Crippen LogP contribution in [-0.2, 0) is 16.4 Å². The first-order chi connectivity index (χ1) is 11.1. The normalized spacial score (nSPS) is 11.4. The zero-order valence-electron chi connectivity index (χ0n) is 12.0. The van der Waals surface area contributed by atoms with Crippen LogP contribution < -0.4 is 4.72 Å². The average Bonchev–Trinajstić information content (AvgIpc) is 2.98. The number of hydrogen-bond acceptors (Lipinski definition) is 5. The first kappa shape index (κ1) is 15.1. The molecule has 0 unspecified atom stereocenters. The van der Waals surface area contributed by atoms with Gasteiger partial charge in [0, 0.05) is 19.2 Å². The molecule has 0 saturated heterocycles. The number of fused-ring (bicyclic) bond motifs is 1. The van der Waals surface area contributed by atoms with Gasteiger partial charge in [-0.25, -0.2) is 13.1 Å². The highest BCUT2D eigenvalue weighted by molar-refractivity contribution is 7.89. The monoisotopic (exact) mass is 327 g/mol. The summed E-state index contributed by atoms with van der Waals surface area (Å²) in [5.74, 6) is 0.664. The number of nitrogens with zero attached hydrogens (tertiary/aromatic N) is 4. The Morgan fingerprint density at radius 1 is 1.13 bits per heavy atom. The second-order valence-corrected chi connectivity index (χ2v) is 6.54. The Morgan fingerprint density at radius 3 is 2.74 bits per heavy atom. The quantitative estimate of drug-likeness (QED) is 0.757. The van der Waals surface area contributed by atoms with Gasteiger partial charge in [-0.15, -0.1) is 10.2 Å². The smallest absolute Gasteiger partial charge is 0.241 e. The Morgan fingerprint density at radius 2 is 1.91 bits per heavy atom. The maximum absolute atomic E-state index is 12.3. The van der Waals surface area contributed by atoms with Gasteiger partial charge in [0.1, 0.15) is 11.9 Å². The predicted octanol–water partition coefficient (Wildman–Crippen LogP) is 1.12. The summed E-state index contributed by atoms with van der Waals surface area (Å²) in [7, 11) is -3.74. The van der Waals surface area contributed by atoms with E-state index in [0.29, 0.717) is 17.9 Å². The van der Waals surface area contributed by atoms with Gasteiger partial charge < -0.3 is 0 Å². The average molecular weight is 327 g/mol. The molecule has 0 aliphatic heterocycles. The zero-order chi connectivity index (χ0) is 16.3. The lowest BCUT2D eigenvalue weighted by Gasteiger charge is -2.07. The van der Waals surface area contributed by atoms with Crippen molar-refractivity contribution in [2.45, 2.75) is 11.3 Å². The second-order valence-electron chi connectivity index (χ2n) is 4.80. The van der Waals surface area contributed by atoms with Crippen molar-refractivity contribution >= 4 is 15.7 Å². The van der Waals surface area contributed by atoms with Crippen LogP contribution in [0.2, 0.25) is 0 Å². The van der Waals surface area contributed by atoms with E-state index in [9.17, 15) is 8.42 Å². The van der Waals surface area contributed by atoms with Gasteiger partial charge >= 0.3 is 0 Å². The van der Waals surface area contributed by atoms with E-state index >= 15 is 0 Å². The Labute approximate surface area is 133 Å². The van der Waals surface area contributed by atoms with E-state index in [2.05, 4.69) is 14.9 Å². The highest BCUT2D eigenvalue weighted by atomic mass is 32.2. The molecule has 0 radical (unpaired) electrons. The molecule has 0 fully saturated rings. The van der Waals surface area contributed by atoms with Gasteiger partial charge in [-0.2, -0.15) is 5.26 Å². The number of hydrogen-bond donors (Lipinski definition) is 1. The predicted molar refractivity (Wildman–Crippen MR) is 83.0 cm³/mol. The van der Waals surface area contributed by atoms with Gasteiger partial charge in [0.05, 0.1) is 10.5 Å². The molecular formula is C15H13N5O2S. The molecule has 0 spiro atoms. The molecule has 3 rings (SSSR count). The van der Waals surface area contributed by atoms with Crippen LogP contribution in [-0.4, -0.2) is 29.6 Å². The molecule has 0 atom stereocenters. The van der Waals surface area contributed by atoms with E-state index in [1.54, 1.807) is 16.5 Å². The first-order valence-corrected chi connectivity index (χ1v) is 8.37. The highest BCUT2D eigenvalue weighted by Gasteiger charge is 2.17. The summed E-state index contributed by atoms with van der Waals surface area (Å²) < 4.78 is 28.9. The van der Waals surface area contributed by atoms with Gasteiger partial charge in [0.15, 0.2) is 5.65 Å². The fourth-order valence-electron chi connectivity index (χ4n) is 2.23. The van der Waals surface area contributed by atoms with E-state index in [-0.39, 0.29) is 17.0 Å². The van der Waals surface area contributed by atoms with Crippen LogP contribution in [0.4, 0.5) is 0 Å². The van der Waals surface area contributed by atoms with Crippen molar-refractivity contribution in [3.8, 4) is 6.07 Å². The summed E-state index contributed by atoms with van der Waals surface area (Å²) >= 11 is 0. The minimum Gasteiger partial charge on any atom is -0.286 e. The number of sulfonamides is 1. The summed E-state index contributed by atoms with van der Waals surface area (Å²) in [5, 5.41) is 17.1. The fraction of sp³-hybridized carbons (Fsp3) is 0.133. The molecule has 0 aliphatic carbocycles. The summed E-state index contributed by atoms with van der Waals surface area (Å²) in [6.45, 7) is 0.164. The lowest BCUT2D eigenvalue weighted by atomic mass is 10.2. The minimum absolute atomic E-state index is 0.0198. The van der Waals surface area contributed by atoms with Gasteiger partial charge in [-0.3, -0.25) is 4.40 Å². The molecular weight excluding hydrogens is 314 g/mol. The topological polar surface area (TPSA) is 100 Å². The molecule has 0 amide bonds. The van der Waals surface area contributed by atoms with Gasteiger partial charge in [0.25, 0.3) is 0 Å². The highest BCUT2D eigenvalue weighted by Crippen LogP contribution is 2.14. The molecule has 0 aliphatic rings. The molecule has 2 heterocycles. The van der Waals surface area contributed by atoms with Crippen molar-refractivity contribution in [1.82, 2.24) is 19.3 Å². The maximum atomic E-state index is 12.3. The van der Waals surface area contributed by atoms with Gasteiger partial charge in [-0.05, 0) is 24.3 Å². The third-order valence-corrected chi connectivity index (χ3v) is 4.84. The molecule has 8 heteroatoms. The molecule has 3 aromatic rings. The van der Waals surface area contributed by atoms with Gasteiger partial charge in [-0.1, -0.05) is 18.2 Å². The molecule has 7 nitrogen and oxygen atoms in total.